The molecule has 0 fully saturated rings. The molecule has 4 heteroatoms. The van der Waals surface area contributed by atoms with Crippen molar-refractivity contribution >= 4 is 54.4 Å². The van der Waals surface area contributed by atoms with Gasteiger partial charge in [-0.2, -0.15) is 0 Å². The van der Waals surface area contributed by atoms with Crippen LogP contribution in [-0.4, -0.2) is 4.98 Å². The lowest BCUT2D eigenvalue weighted by atomic mass is 10.2. The summed E-state index contributed by atoms with van der Waals surface area (Å²) in [6.45, 7) is 0. The topological polar surface area (TPSA) is 12.9 Å². The summed E-state index contributed by atoms with van der Waals surface area (Å²) in [6, 6.07) is 5.64. The van der Waals surface area contributed by atoms with Crippen LogP contribution in [0.4, 0.5) is 0 Å². The number of halogens is 3. The second kappa shape index (κ2) is 3.56. The summed E-state index contributed by atoms with van der Waals surface area (Å²) in [5.74, 6) is 0. The molecule has 0 saturated heterocycles. The Hall–Kier alpha value is -0.120. The van der Waals surface area contributed by atoms with Crippen LogP contribution < -0.4 is 0 Å². The molecule has 66 valence electrons. The summed E-state index contributed by atoms with van der Waals surface area (Å²) in [7, 11) is 0. The number of rotatable bonds is 0. The molecule has 0 aliphatic rings. The molecule has 0 aliphatic carbocycles. The normalized spacial score (nSPS) is 10.7. The molecule has 2 aromatic rings. The Morgan fingerprint density at radius 1 is 1.23 bits per heavy atom. The number of benzene rings is 1. The number of nitrogens with zero attached hydrogens (tertiary/aromatic N) is 1. The van der Waals surface area contributed by atoms with Crippen molar-refractivity contribution in [3.63, 3.8) is 0 Å². The van der Waals surface area contributed by atoms with Crippen LogP contribution in [-0.2, 0) is 0 Å². The molecule has 0 amide bonds. The van der Waals surface area contributed by atoms with E-state index in [-0.39, 0.29) is 0 Å². The Morgan fingerprint density at radius 3 is 2.77 bits per heavy atom. The molecule has 13 heavy (non-hydrogen) atoms. The van der Waals surface area contributed by atoms with Gasteiger partial charge in [0.25, 0.3) is 0 Å². The van der Waals surface area contributed by atoms with Gasteiger partial charge in [-0.15, -0.1) is 0 Å². The van der Waals surface area contributed by atoms with Gasteiger partial charge in [0.05, 0.1) is 9.99 Å². The molecule has 0 radical (unpaired) electrons. The third-order valence-electron chi connectivity index (χ3n) is 1.72. The zero-order valence-corrected chi connectivity index (χ0v) is 10.3. The molecule has 1 nitrogen and oxygen atoms in total. The molecule has 0 atom stereocenters. The Kier molecular flexibility index (Phi) is 2.58. The first-order chi connectivity index (χ1) is 6.18. The van der Waals surface area contributed by atoms with Gasteiger partial charge in [-0.3, -0.25) is 4.98 Å². The summed E-state index contributed by atoms with van der Waals surface area (Å²) in [5.41, 5.74) is 0.891. The predicted octanol–water partition coefficient (Wildman–Crippen LogP) is 4.41. The van der Waals surface area contributed by atoms with Crippen molar-refractivity contribution in [1.82, 2.24) is 4.98 Å². The lowest BCUT2D eigenvalue weighted by molar-refractivity contribution is 1.38. The van der Waals surface area contributed by atoms with E-state index in [1.54, 1.807) is 6.20 Å². The molecule has 0 aliphatic heterocycles. The van der Waals surface area contributed by atoms with E-state index in [0.717, 1.165) is 19.8 Å². The number of aromatic nitrogens is 1. The first-order valence-electron chi connectivity index (χ1n) is 3.58. The lowest BCUT2D eigenvalue weighted by Gasteiger charge is -2.01. The largest absolute Gasteiger partial charge is 0.255 e. The van der Waals surface area contributed by atoms with Gasteiger partial charge in [0.15, 0.2) is 0 Å². The fourth-order valence-electron chi connectivity index (χ4n) is 1.11. The smallest absolute Gasteiger partial charge is 0.0729 e. The monoisotopic (exact) mass is 319 g/mol. The van der Waals surface area contributed by atoms with Crippen LogP contribution in [0, 0.1) is 0 Å². The van der Waals surface area contributed by atoms with E-state index in [1.165, 1.54) is 0 Å². The Labute approximate surface area is 97.4 Å². The van der Waals surface area contributed by atoms with Gasteiger partial charge >= 0.3 is 0 Å². The fraction of sp³-hybridized carbons (Fsp3) is 0. The minimum Gasteiger partial charge on any atom is -0.255 e. The number of hydrogen-bond donors (Lipinski definition) is 0. The summed E-state index contributed by atoms with van der Waals surface area (Å²) in [6.07, 6.45) is 1.75. The first-order valence-corrected chi connectivity index (χ1v) is 5.54. The molecule has 0 N–H and O–H groups in total. The van der Waals surface area contributed by atoms with Gasteiger partial charge in [0, 0.05) is 21.1 Å². The van der Waals surface area contributed by atoms with Crippen LogP contribution in [0.3, 0.4) is 0 Å². The molecule has 0 saturated carbocycles. The van der Waals surface area contributed by atoms with E-state index in [9.17, 15) is 0 Å². The Balaban J connectivity index is 2.87. The molecular weight excluding hydrogens is 317 g/mol. The number of pyridine rings is 1. The van der Waals surface area contributed by atoms with Gasteiger partial charge in [-0.1, -0.05) is 17.7 Å². The minimum absolute atomic E-state index is 0.703. The Bertz CT molecular complexity index is 470. The van der Waals surface area contributed by atoms with Crippen molar-refractivity contribution < 1.29 is 0 Å². The van der Waals surface area contributed by atoms with Crippen molar-refractivity contribution in [1.29, 1.82) is 0 Å². The number of hydrogen-bond acceptors (Lipinski definition) is 1. The van der Waals surface area contributed by atoms with Gasteiger partial charge in [0.1, 0.15) is 0 Å². The summed E-state index contributed by atoms with van der Waals surface area (Å²) in [5, 5.41) is 1.76. The zero-order chi connectivity index (χ0) is 9.42. The standard InChI is InChI=1S/C9H4Br2ClN/c10-7-4-13-8-3-5(12)1-2-6(8)9(7)11/h1-4H. The summed E-state index contributed by atoms with van der Waals surface area (Å²) in [4.78, 5) is 4.24. The maximum atomic E-state index is 5.84. The van der Waals surface area contributed by atoms with E-state index in [2.05, 4.69) is 36.8 Å². The third-order valence-corrected chi connectivity index (χ3v) is 3.95. The molecule has 1 aromatic carbocycles. The van der Waals surface area contributed by atoms with E-state index in [1.807, 2.05) is 18.2 Å². The highest BCUT2D eigenvalue weighted by Crippen LogP contribution is 2.30. The van der Waals surface area contributed by atoms with Gasteiger partial charge in [-0.05, 0) is 44.0 Å². The third kappa shape index (κ3) is 1.73. The highest BCUT2D eigenvalue weighted by Gasteiger charge is 2.03. The quantitative estimate of drug-likeness (QED) is 0.700. The van der Waals surface area contributed by atoms with Crippen molar-refractivity contribution in [2.45, 2.75) is 0 Å². The van der Waals surface area contributed by atoms with E-state index in [0.29, 0.717) is 5.02 Å². The predicted molar refractivity (Wildman–Crippen MR) is 62.2 cm³/mol. The molecule has 1 heterocycles. The van der Waals surface area contributed by atoms with E-state index >= 15 is 0 Å². The van der Waals surface area contributed by atoms with E-state index < -0.39 is 0 Å². The highest BCUT2D eigenvalue weighted by molar-refractivity contribution is 9.13. The van der Waals surface area contributed by atoms with Crippen LogP contribution in [0.5, 0.6) is 0 Å². The number of fused-ring (bicyclic) bond motifs is 1. The lowest BCUT2D eigenvalue weighted by Crippen LogP contribution is -1.81. The van der Waals surface area contributed by atoms with Gasteiger partial charge < -0.3 is 0 Å². The van der Waals surface area contributed by atoms with Crippen molar-refractivity contribution in [3.05, 3.63) is 38.4 Å². The average Bonchev–Trinajstić information content (AvgIpc) is 2.12. The highest BCUT2D eigenvalue weighted by atomic mass is 79.9. The van der Waals surface area contributed by atoms with Crippen LogP contribution in [0.1, 0.15) is 0 Å². The van der Waals surface area contributed by atoms with Crippen molar-refractivity contribution in [2.24, 2.45) is 0 Å². The second-order valence-electron chi connectivity index (χ2n) is 2.58. The zero-order valence-electron chi connectivity index (χ0n) is 6.39. The molecular formula is C9H4Br2ClN. The molecule has 0 spiro atoms. The molecule has 0 bridgehead atoms. The average molecular weight is 321 g/mol. The summed E-state index contributed by atoms with van der Waals surface area (Å²) >= 11 is 12.7. The second-order valence-corrected chi connectivity index (χ2v) is 4.67. The minimum atomic E-state index is 0.703. The van der Waals surface area contributed by atoms with Gasteiger partial charge in [-0.25, -0.2) is 0 Å². The van der Waals surface area contributed by atoms with Crippen LogP contribution in [0.15, 0.2) is 33.3 Å². The van der Waals surface area contributed by atoms with Crippen molar-refractivity contribution in [3.8, 4) is 0 Å². The van der Waals surface area contributed by atoms with Crippen LogP contribution in [0.2, 0.25) is 5.02 Å². The van der Waals surface area contributed by atoms with Gasteiger partial charge in [0.2, 0.25) is 0 Å². The van der Waals surface area contributed by atoms with Crippen LogP contribution in [0.25, 0.3) is 10.9 Å². The van der Waals surface area contributed by atoms with Crippen LogP contribution >= 0.6 is 43.5 Å². The maximum Gasteiger partial charge on any atom is 0.0729 e. The molecule has 0 unspecified atom stereocenters. The molecule has 2 rings (SSSR count). The fourth-order valence-corrected chi connectivity index (χ4v) is 2.03. The molecule has 1 aromatic heterocycles. The maximum absolute atomic E-state index is 5.84. The SMILES string of the molecule is Clc1ccc2c(Br)c(Br)cnc2c1. The van der Waals surface area contributed by atoms with E-state index in [4.69, 9.17) is 11.6 Å². The summed E-state index contributed by atoms with van der Waals surface area (Å²) < 4.78 is 1.96. The Morgan fingerprint density at radius 2 is 2.00 bits per heavy atom. The first kappa shape index (κ1) is 9.44. The van der Waals surface area contributed by atoms with Crippen molar-refractivity contribution in [2.75, 3.05) is 0 Å².